The molecule has 0 aromatic carbocycles. The molecule has 0 saturated carbocycles. The van der Waals surface area contributed by atoms with E-state index in [0.717, 1.165) is 109 Å². The van der Waals surface area contributed by atoms with Gasteiger partial charge in [-0.25, -0.2) is 0 Å². The van der Waals surface area contributed by atoms with Crippen molar-refractivity contribution in [3.63, 3.8) is 0 Å². The van der Waals surface area contributed by atoms with Crippen molar-refractivity contribution in [2.45, 2.75) is 328 Å². The second kappa shape index (κ2) is 69.7. The topological polar surface area (TPSA) is 111 Å². The Morgan fingerprint density at radius 3 is 0.889 bits per heavy atom. The van der Waals surface area contributed by atoms with Crippen LogP contribution in [0.3, 0.4) is 0 Å². The lowest BCUT2D eigenvalue weighted by molar-refractivity contribution is -0.870. The monoisotopic (exact) mass is 1270 g/mol. The molecule has 0 N–H and O–H groups in total. The van der Waals surface area contributed by atoms with E-state index in [9.17, 15) is 19.0 Å². The molecular formula is C80H140NO8P. The molecule has 0 aromatic heterocycles. The second-order valence-electron chi connectivity index (χ2n) is 25.9. The minimum Gasteiger partial charge on any atom is -0.756 e. The summed E-state index contributed by atoms with van der Waals surface area (Å²) < 4.78 is 34.3. The highest BCUT2D eigenvalue weighted by atomic mass is 31.2. The molecule has 9 nitrogen and oxygen atoms in total. The number of phosphoric ester groups is 1. The maximum absolute atomic E-state index is 12.9. The smallest absolute Gasteiger partial charge is 0.306 e. The lowest BCUT2D eigenvalue weighted by Crippen LogP contribution is -2.37. The van der Waals surface area contributed by atoms with Crippen LogP contribution in [0.5, 0.6) is 0 Å². The van der Waals surface area contributed by atoms with Crippen molar-refractivity contribution in [1.82, 2.24) is 0 Å². The molecule has 0 aliphatic rings. The SMILES string of the molecule is CC/C=C\C/C=C\C/C=C\C/C=C\C/C=C\C/C=C\CCCCCCCCCCC(=O)OC(COC(=O)CCCCCCCCCCCCCCCCCCCCCCCCCCCC/C=C\C/C=C\C/C=C\C/C=C\CC)COP(=O)([O-])OCC[N+](C)(C)C. The molecule has 518 valence electrons. The number of rotatable bonds is 68. The highest BCUT2D eigenvalue weighted by Gasteiger charge is 2.22. The Hall–Kier alpha value is -3.59. The molecule has 0 aliphatic heterocycles. The predicted molar refractivity (Wildman–Crippen MR) is 388 cm³/mol. The second-order valence-corrected chi connectivity index (χ2v) is 27.3. The summed E-state index contributed by atoms with van der Waals surface area (Å²) in [5.74, 6) is -0.836. The Balaban J connectivity index is 3.97. The summed E-state index contributed by atoms with van der Waals surface area (Å²) in [6.07, 6.45) is 100. The van der Waals surface area contributed by atoms with Crippen LogP contribution >= 0.6 is 7.82 Å². The van der Waals surface area contributed by atoms with Crippen LogP contribution in [0.2, 0.25) is 0 Å². The molecule has 0 rings (SSSR count). The Kier molecular flexibility index (Phi) is 67.0. The fraction of sp³-hybridized carbons (Fsp3) is 0.725. The van der Waals surface area contributed by atoms with E-state index in [1.54, 1.807) is 0 Å². The first kappa shape index (κ1) is 86.4. The van der Waals surface area contributed by atoms with Gasteiger partial charge in [-0.3, -0.25) is 14.2 Å². The molecule has 0 bridgehead atoms. The number of nitrogens with zero attached hydrogens (tertiary/aromatic N) is 1. The summed E-state index contributed by atoms with van der Waals surface area (Å²) in [6.45, 7) is 4.03. The first-order chi connectivity index (χ1) is 44.0. The number of carbonyl (C=O) groups is 2. The molecule has 2 atom stereocenters. The third-order valence-electron chi connectivity index (χ3n) is 16.0. The first-order valence-corrected chi connectivity index (χ1v) is 38.7. The minimum absolute atomic E-state index is 0.0361. The molecule has 0 amide bonds. The summed E-state index contributed by atoms with van der Waals surface area (Å²) in [5, 5.41) is 0. The number of carbonyl (C=O) groups excluding carboxylic acids is 2. The van der Waals surface area contributed by atoms with Crippen LogP contribution < -0.4 is 4.89 Å². The molecule has 0 fully saturated rings. The zero-order chi connectivity index (χ0) is 65.5. The molecule has 0 aromatic rings. The molecule has 0 spiro atoms. The largest absolute Gasteiger partial charge is 0.756 e. The highest BCUT2D eigenvalue weighted by Crippen LogP contribution is 2.38. The van der Waals surface area contributed by atoms with Gasteiger partial charge in [0.1, 0.15) is 19.8 Å². The van der Waals surface area contributed by atoms with Crippen LogP contribution in [0, 0.1) is 0 Å². The molecular weight excluding hydrogens is 1130 g/mol. The molecule has 0 saturated heterocycles. The first-order valence-electron chi connectivity index (χ1n) is 37.2. The zero-order valence-corrected chi connectivity index (χ0v) is 59.9. The molecule has 90 heavy (non-hydrogen) atoms. The lowest BCUT2D eigenvalue weighted by atomic mass is 10.0. The van der Waals surface area contributed by atoms with Crippen molar-refractivity contribution < 1.29 is 42.1 Å². The van der Waals surface area contributed by atoms with Crippen LogP contribution in [-0.2, 0) is 32.7 Å². The van der Waals surface area contributed by atoms with Crippen molar-refractivity contribution in [2.75, 3.05) is 47.5 Å². The number of ether oxygens (including phenoxy) is 2. The number of hydrogen-bond acceptors (Lipinski definition) is 8. The van der Waals surface area contributed by atoms with Crippen molar-refractivity contribution >= 4 is 19.8 Å². The Labute approximate surface area is 556 Å². The van der Waals surface area contributed by atoms with Gasteiger partial charge in [-0.1, -0.05) is 328 Å². The van der Waals surface area contributed by atoms with Gasteiger partial charge < -0.3 is 27.9 Å². The van der Waals surface area contributed by atoms with Gasteiger partial charge >= 0.3 is 11.9 Å². The van der Waals surface area contributed by atoms with E-state index in [4.69, 9.17) is 18.5 Å². The van der Waals surface area contributed by atoms with Gasteiger partial charge in [0.2, 0.25) is 0 Å². The maximum Gasteiger partial charge on any atom is 0.306 e. The van der Waals surface area contributed by atoms with Gasteiger partial charge in [-0.15, -0.1) is 0 Å². The Morgan fingerprint density at radius 2 is 0.600 bits per heavy atom. The fourth-order valence-electron chi connectivity index (χ4n) is 10.4. The summed E-state index contributed by atoms with van der Waals surface area (Å²) in [6, 6.07) is 0. The summed E-state index contributed by atoms with van der Waals surface area (Å²) in [7, 11) is 1.16. The van der Waals surface area contributed by atoms with E-state index >= 15 is 0 Å². The number of allylic oxidation sites excluding steroid dienone is 20. The highest BCUT2D eigenvalue weighted by molar-refractivity contribution is 7.45. The Morgan fingerprint density at radius 1 is 0.344 bits per heavy atom. The third-order valence-corrected chi connectivity index (χ3v) is 16.9. The van der Waals surface area contributed by atoms with Crippen LogP contribution in [-0.4, -0.2) is 70.0 Å². The molecule has 0 radical (unpaired) electrons. The molecule has 10 heteroatoms. The van der Waals surface area contributed by atoms with E-state index in [-0.39, 0.29) is 32.0 Å². The number of esters is 2. The van der Waals surface area contributed by atoms with Gasteiger partial charge in [0.25, 0.3) is 7.82 Å². The van der Waals surface area contributed by atoms with E-state index in [2.05, 4.69) is 135 Å². The van der Waals surface area contributed by atoms with Gasteiger partial charge in [0.15, 0.2) is 6.10 Å². The Bertz CT molecular complexity index is 1940. The third kappa shape index (κ3) is 73.5. The van der Waals surface area contributed by atoms with Gasteiger partial charge in [-0.05, 0) is 103 Å². The summed E-state index contributed by atoms with van der Waals surface area (Å²) in [4.78, 5) is 38.1. The van der Waals surface area contributed by atoms with Crippen LogP contribution in [0.15, 0.2) is 122 Å². The quantitative estimate of drug-likeness (QED) is 0.0195. The van der Waals surface area contributed by atoms with Gasteiger partial charge in [0, 0.05) is 12.8 Å². The lowest BCUT2D eigenvalue weighted by Gasteiger charge is -2.28. The standard InChI is InChI=1S/C80H140NO8P/c1-6-8-10-12-14-16-18-20-22-24-26-28-30-32-34-35-36-37-38-39-40-41-42-43-44-45-47-48-50-52-54-56-58-60-62-64-66-68-70-72-79(82)86-76-78(77-88-90(84,85)87-75-74-81(3,4)5)89-80(83)73-71-69-67-65-63-61-59-57-55-53-51-49-46-33-31-29-27-25-23-21-19-17-15-13-11-9-7-2/h8-11,14-17,20-23,26-29,33,46,51,53,78H,6-7,12-13,18-19,24-25,30-32,34-45,47-50,52,54-77H2,1-5H3/b10-8-,11-9-,16-14-,17-15-,22-20-,23-21-,28-26-,29-27-,46-33-,53-51-. The van der Waals surface area contributed by atoms with Gasteiger partial charge in [0.05, 0.1) is 27.7 Å². The van der Waals surface area contributed by atoms with Crippen LogP contribution in [0.4, 0.5) is 0 Å². The predicted octanol–water partition coefficient (Wildman–Crippen LogP) is 24.0. The average Bonchev–Trinajstić information content (AvgIpc) is 3.61. The molecule has 0 heterocycles. The van der Waals surface area contributed by atoms with Gasteiger partial charge in [-0.2, -0.15) is 0 Å². The minimum atomic E-state index is -4.65. The number of unbranched alkanes of at least 4 members (excludes halogenated alkanes) is 34. The summed E-state index contributed by atoms with van der Waals surface area (Å²) >= 11 is 0. The zero-order valence-electron chi connectivity index (χ0n) is 59.1. The van der Waals surface area contributed by atoms with Crippen molar-refractivity contribution in [2.24, 2.45) is 0 Å². The van der Waals surface area contributed by atoms with Crippen molar-refractivity contribution in [3.05, 3.63) is 122 Å². The normalized spacial score (nSPS) is 13.8. The van der Waals surface area contributed by atoms with Crippen LogP contribution in [0.25, 0.3) is 0 Å². The van der Waals surface area contributed by atoms with E-state index in [1.807, 2.05) is 21.1 Å². The number of likely N-dealkylation sites (N-methyl/N-ethyl adjacent to an activating group) is 1. The number of phosphoric acid groups is 1. The maximum atomic E-state index is 12.9. The summed E-state index contributed by atoms with van der Waals surface area (Å²) in [5.41, 5.74) is 0. The average molecular weight is 1270 g/mol. The molecule has 0 aliphatic carbocycles. The van der Waals surface area contributed by atoms with E-state index in [0.29, 0.717) is 17.4 Å². The molecule has 2 unspecified atom stereocenters. The van der Waals surface area contributed by atoms with E-state index < -0.39 is 26.5 Å². The van der Waals surface area contributed by atoms with Crippen molar-refractivity contribution in [3.8, 4) is 0 Å². The van der Waals surface area contributed by atoms with Crippen molar-refractivity contribution in [1.29, 1.82) is 0 Å². The van der Waals surface area contributed by atoms with E-state index in [1.165, 1.54) is 180 Å². The van der Waals surface area contributed by atoms with Crippen LogP contribution in [0.1, 0.15) is 322 Å². The number of quaternary nitrogens is 1. The number of hydrogen-bond donors (Lipinski definition) is 0. The fourth-order valence-corrected chi connectivity index (χ4v) is 11.1.